The van der Waals surface area contributed by atoms with Crippen LogP contribution in [0.3, 0.4) is 0 Å². The van der Waals surface area contributed by atoms with Gasteiger partial charge in [0, 0.05) is 19.2 Å². The molecule has 1 aromatic heterocycles. The summed E-state index contributed by atoms with van der Waals surface area (Å²) in [5, 5.41) is 15.0. The van der Waals surface area contributed by atoms with Crippen molar-refractivity contribution in [2.45, 2.75) is 26.0 Å². The molecule has 106 valence electrons. The van der Waals surface area contributed by atoms with Gasteiger partial charge in [0.15, 0.2) is 11.5 Å². The number of hydrogen-bond donors (Lipinski definition) is 1. The van der Waals surface area contributed by atoms with E-state index in [0.717, 1.165) is 12.1 Å². The predicted octanol–water partition coefficient (Wildman–Crippen LogP) is 2.56. The van der Waals surface area contributed by atoms with Crippen molar-refractivity contribution in [3.05, 3.63) is 40.7 Å². The largest absolute Gasteiger partial charge is 0.454 e. The molecule has 1 N–H and O–H groups in total. The van der Waals surface area contributed by atoms with Gasteiger partial charge in [0.05, 0.1) is 17.3 Å². The third kappa shape index (κ3) is 2.46. The third-order valence-corrected chi connectivity index (χ3v) is 3.55. The number of hydrogen-bond acceptors (Lipinski definition) is 4. The Kier molecular flexibility index (Phi) is 3.54. The molecule has 0 saturated heterocycles. The maximum absolute atomic E-state index is 10.3. The van der Waals surface area contributed by atoms with Gasteiger partial charge in [0.25, 0.3) is 0 Å². The van der Waals surface area contributed by atoms with Gasteiger partial charge in [0.2, 0.25) is 6.79 Å². The SMILES string of the molecule is CCn1cc(CC(O)c2cc(Cl)c3c(c2)OCO3)cn1. The van der Waals surface area contributed by atoms with Gasteiger partial charge in [-0.25, -0.2) is 0 Å². The van der Waals surface area contributed by atoms with Gasteiger partial charge < -0.3 is 14.6 Å². The average molecular weight is 295 g/mol. The fourth-order valence-corrected chi connectivity index (χ4v) is 2.48. The Bertz CT molecular complexity index is 627. The molecule has 6 heteroatoms. The van der Waals surface area contributed by atoms with E-state index in [1.807, 2.05) is 17.8 Å². The van der Waals surface area contributed by atoms with E-state index in [4.69, 9.17) is 21.1 Å². The lowest BCUT2D eigenvalue weighted by atomic mass is 10.0. The van der Waals surface area contributed by atoms with Gasteiger partial charge in [-0.15, -0.1) is 0 Å². The molecular formula is C14H15ClN2O3. The van der Waals surface area contributed by atoms with E-state index in [1.54, 1.807) is 18.3 Å². The maximum atomic E-state index is 10.3. The Morgan fingerprint density at radius 2 is 2.30 bits per heavy atom. The second-order valence-electron chi connectivity index (χ2n) is 4.66. The topological polar surface area (TPSA) is 56.5 Å². The maximum Gasteiger partial charge on any atom is 0.231 e. The molecule has 2 heterocycles. The number of aliphatic hydroxyl groups excluding tert-OH is 1. The first-order valence-electron chi connectivity index (χ1n) is 6.46. The summed E-state index contributed by atoms with van der Waals surface area (Å²) in [5.74, 6) is 1.12. The molecule has 1 unspecified atom stereocenters. The van der Waals surface area contributed by atoms with Crippen molar-refractivity contribution in [3.63, 3.8) is 0 Å². The number of aliphatic hydroxyl groups is 1. The summed E-state index contributed by atoms with van der Waals surface area (Å²) in [6.07, 6.45) is 3.52. The van der Waals surface area contributed by atoms with Crippen LogP contribution in [0.15, 0.2) is 24.5 Å². The number of aromatic nitrogens is 2. The van der Waals surface area contributed by atoms with Crippen molar-refractivity contribution < 1.29 is 14.6 Å². The minimum absolute atomic E-state index is 0.165. The van der Waals surface area contributed by atoms with Crippen LogP contribution in [0.5, 0.6) is 11.5 Å². The Morgan fingerprint density at radius 1 is 1.45 bits per heavy atom. The summed E-state index contributed by atoms with van der Waals surface area (Å²) < 4.78 is 12.4. The van der Waals surface area contributed by atoms with Crippen LogP contribution in [0.4, 0.5) is 0 Å². The van der Waals surface area contributed by atoms with E-state index in [-0.39, 0.29) is 6.79 Å². The Morgan fingerprint density at radius 3 is 3.05 bits per heavy atom. The van der Waals surface area contributed by atoms with Gasteiger partial charge in [-0.05, 0) is 30.2 Å². The molecule has 1 aliphatic heterocycles. The quantitative estimate of drug-likeness (QED) is 0.941. The first-order chi connectivity index (χ1) is 9.67. The number of nitrogens with zero attached hydrogens (tertiary/aromatic N) is 2. The summed E-state index contributed by atoms with van der Waals surface area (Å²) in [6.45, 7) is 2.99. The molecule has 0 radical (unpaired) electrons. The van der Waals surface area contributed by atoms with Gasteiger partial charge in [0.1, 0.15) is 0 Å². The number of aryl methyl sites for hydroxylation is 1. The molecule has 1 atom stereocenters. The first-order valence-corrected chi connectivity index (χ1v) is 6.83. The van der Waals surface area contributed by atoms with Crippen LogP contribution >= 0.6 is 11.6 Å². The van der Waals surface area contributed by atoms with Crippen LogP contribution in [0.1, 0.15) is 24.2 Å². The fraction of sp³-hybridized carbons (Fsp3) is 0.357. The van der Waals surface area contributed by atoms with E-state index in [2.05, 4.69) is 5.10 Å². The summed E-state index contributed by atoms with van der Waals surface area (Å²) in [7, 11) is 0. The highest BCUT2D eigenvalue weighted by Crippen LogP contribution is 2.41. The molecule has 0 amide bonds. The van der Waals surface area contributed by atoms with Crippen molar-refractivity contribution in [1.29, 1.82) is 0 Å². The molecule has 0 aliphatic carbocycles. The fourth-order valence-electron chi connectivity index (χ4n) is 2.21. The summed E-state index contributed by atoms with van der Waals surface area (Å²) in [5.41, 5.74) is 1.69. The molecule has 2 aromatic rings. The van der Waals surface area contributed by atoms with Crippen molar-refractivity contribution in [3.8, 4) is 11.5 Å². The standard InChI is InChI=1S/C14H15ClN2O3/c1-2-17-7-9(6-16-17)3-12(18)10-4-11(15)14-13(5-10)19-8-20-14/h4-7,12,18H,2-3,8H2,1H3. The van der Waals surface area contributed by atoms with Crippen LogP contribution in [-0.4, -0.2) is 21.7 Å². The van der Waals surface area contributed by atoms with Crippen LogP contribution in [0, 0.1) is 0 Å². The van der Waals surface area contributed by atoms with Crippen molar-refractivity contribution in [2.75, 3.05) is 6.79 Å². The molecule has 0 bridgehead atoms. The van der Waals surface area contributed by atoms with Gasteiger partial charge in [-0.1, -0.05) is 11.6 Å². The third-order valence-electron chi connectivity index (χ3n) is 3.27. The second-order valence-corrected chi connectivity index (χ2v) is 5.07. The van der Waals surface area contributed by atoms with Crippen LogP contribution in [0.2, 0.25) is 5.02 Å². The van der Waals surface area contributed by atoms with Gasteiger partial charge in [-0.2, -0.15) is 5.10 Å². The highest BCUT2D eigenvalue weighted by molar-refractivity contribution is 6.32. The van der Waals surface area contributed by atoms with Crippen molar-refractivity contribution >= 4 is 11.6 Å². The molecule has 1 aliphatic rings. The molecule has 3 rings (SSSR count). The zero-order valence-electron chi connectivity index (χ0n) is 11.0. The number of benzene rings is 1. The van der Waals surface area contributed by atoms with Gasteiger partial charge in [-0.3, -0.25) is 4.68 Å². The molecule has 20 heavy (non-hydrogen) atoms. The number of halogens is 1. The number of fused-ring (bicyclic) bond motifs is 1. The Hall–Kier alpha value is -1.72. The zero-order valence-corrected chi connectivity index (χ0v) is 11.8. The Balaban J connectivity index is 1.80. The van der Waals surface area contributed by atoms with E-state index < -0.39 is 6.10 Å². The lowest BCUT2D eigenvalue weighted by Crippen LogP contribution is -2.01. The molecular weight excluding hydrogens is 280 g/mol. The second kappa shape index (κ2) is 5.34. The molecule has 1 aromatic carbocycles. The highest BCUT2D eigenvalue weighted by atomic mass is 35.5. The molecule has 0 spiro atoms. The number of ether oxygens (including phenoxy) is 2. The normalized spacial score (nSPS) is 14.6. The zero-order chi connectivity index (χ0) is 14.1. The number of rotatable bonds is 4. The minimum Gasteiger partial charge on any atom is -0.454 e. The van der Waals surface area contributed by atoms with Crippen LogP contribution in [0.25, 0.3) is 0 Å². The van der Waals surface area contributed by atoms with Crippen LogP contribution in [-0.2, 0) is 13.0 Å². The van der Waals surface area contributed by atoms with Crippen LogP contribution < -0.4 is 9.47 Å². The van der Waals surface area contributed by atoms with Crippen molar-refractivity contribution in [1.82, 2.24) is 9.78 Å². The monoisotopic (exact) mass is 294 g/mol. The smallest absolute Gasteiger partial charge is 0.231 e. The lowest BCUT2D eigenvalue weighted by molar-refractivity contribution is 0.171. The summed E-state index contributed by atoms with van der Waals surface area (Å²) in [4.78, 5) is 0. The van der Waals surface area contributed by atoms with E-state index in [9.17, 15) is 5.11 Å². The minimum atomic E-state index is -0.656. The van der Waals surface area contributed by atoms with E-state index in [0.29, 0.717) is 28.5 Å². The highest BCUT2D eigenvalue weighted by Gasteiger charge is 2.21. The summed E-state index contributed by atoms with van der Waals surface area (Å²) in [6, 6.07) is 3.48. The average Bonchev–Trinajstić information content (AvgIpc) is 3.07. The van der Waals surface area contributed by atoms with Gasteiger partial charge >= 0.3 is 0 Å². The molecule has 0 fully saturated rings. The van der Waals surface area contributed by atoms with E-state index >= 15 is 0 Å². The summed E-state index contributed by atoms with van der Waals surface area (Å²) >= 11 is 6.12. The first kappa shape index (κ1) is 13.3. The molecule has 5 nitrogen and oxygen atoms in total. The predicted molar refractivity (Wildman–Crippen MR) is 74.1 cm³/mol. The molecule has 0 saturated carbocycles. The Labute approximate surface area is 121 Å². The van der Waals surface area contributed by atoms with Crippen molar-refractivity contribution in [2.24, 2.45) is 0 Å². The van der Waals surface area contributed by atoms with E-state index in [1.165, 1.54) is 0 Å². The lowest BCUT2D eigenvalue weighted by Gasteiger charge is -2.11.